The molecule has 0 unspecified atom stereocenters. The third-order valence-electron chi connectivity index (χ3n) is 17.4. The van der Waals surface area contributed by atoms with Crippen LogP contribution in [0.15, 0.2) is 11.6 Å². The Morgan fingerprint density at radius 2 is 1.43 bits per heavy atom. The number of nitrogens with zero attached hydrogens (tertiary/aromatic N) is 2. The van der Waals surface area contributed by atoms with Crippen molar-refractivity contribution < 1.29 is 38.3 Å². The van der Waals surface area contributed by atoms with Gasteiger partial charge in [-0.2, -0.15) is 0 Å². The minimum absolute atomic E-state index is 0.0379. The monoisotopic (exact) mass is 936 g/mol. The summed E-state index contributed by atoms with van der Waals surface area (Å²) in [5, 5.41) is 8.26. The number of esters is 1. The molecule has 4 aliphatic carbocycles. The van der Waals surface area contributed by atoms with Gasteiger partial charge in [0.2, 0.25) is 35.4 Å². The normalized spacial score (nSPS) is 32.0. The number of rotatable bonds is 19. The second-order valence-electron chi connectivity index (χ2n) is 22.9. The van der Waals surface area contributed by atoms with Crippen LogP contribution in [0.4, 0.5) is 0 Å². The minimum Gasteiger partial charge on any atom is -0.461 e. The molecule has 6 aliphatic rings. The third-order valence-corrected chi connectivity index (χ3v) is 17.4. The molecule has 0 aromatic rings. The van der Waals surface area contributed by atoms with Crippen molar-refractivity contribution in [2.45, 2.75) is 201 Å². The SMILES string of the molecule is CC(C)CC[C@@H](C)[C@H]1CC[C@H]2[C@@H]3CC=C4C[C@H](OC(=O)CNC(=O)[C@@H]5CCCN5C(=O)[C@H](CC(C)C)NC(=O)[C@H](CCC(N)=O)NC(=O)[C@@H]5CCCN5C(=O)[C@H](C)N)CC[C@]4(C)[C@H]3CC[C@]12C. The highest BCUT2D eigenvalue weighted by molar-refractivity contribution is 5.96. The van der Waals surface area contributed by atoms with Crippen LogP contribution in [0.2, 0.25) is 0 Å². The predicted molar refractivity (Wildman–Crippen MR) is 256 cm³/mol. The second-order valence-corrected chi connectivity index (χ2v) is 22.9. The van der Waals surface area contributed by atoms with E-state index in [0.29, 0.717) is 49.5 Å². The maximum atomic E-state index is 14.2. The molecule has 5 fully saturated rings. The number of likely N-dealkylation sites (tertiary alicyclic amines) is 2. The number of allylic oxidation sites excluding steroid dienone is 1. The number of carbonyl (C=O) groups excluding carboxylic acids is 7. The number of primary amides is 1. The molecule has 2 saturated heterocycles. The summed E-state index contributed by atoms with van der Waals surface area (Å²) in [6, 6.07) is -4.75. The van der Waals surface area contributed by atoms with E-state index in [0.717, 1.165) is 49.4 Å². The van der Waals surface area contributed by atoms with Gasteiger partial charge in [-0.25, -0.2) is 0 Å². The molecule has 2 heterocycles. The molecule has 0 bridgehead atoms. The van der Waals surface area contributed by atoms with E-state index in [1.807, 2.05) is 13.8 Å². The Kier molecular flexibility index (Phi) is 17.3. The highest BCUT2D eigenvalue weighted by Gasteiger charge is 2.59. The van der Waals surface area contributed by atoms with Gasteiger partial charge in [0, 0.05) is 25.9 Å². The first-order valence-corrected chi connectivity index (χ1v) is 26.1. The van der Waals surface area contributed by atoms with E-state index < -0.39 is 65.7 Å². The number of amides is 6. The molecule has 0 aromatic heterocycles. The Balaban J connectivity index is 1.02. The van der Waals surface area contributed by atoms with Gasteiger partial charge in [0.25, 0.3) is 0 Å². The zero-order valence-corrected chi connectivity index (χ0v) is 42.0. The zero-order valence-electron chi connectivity index (χ0n) is 42.0. The van der Waals surface area contributed by atoms with Crippen LogP contribution < -0.4 is 27.4 Å². The van der Waals surface area contributed by atoms with Crippen molar-refractivity contribution in [1.82, 2.24) is 25.8 Å². The van der Waals surface area contributed by atoms with E-state index >= 15 is 0 Å². The molecule has 6 amide bonds. The number of nitrogens with one attached hydrogen (secondary N) is 3. The summed E-state index contributed by atoms with van der Waals surface area (Å²) in [7, 11) is 0. The molecule has 3 saturated carbocycles. The standard InChI is InChI=1S/C52H85N7O8/c1-30(2)13-14-32(5)37-17-18-38-36-16-15-34-28-35(21-23-51(34,7)39(36)22-24-52(37,38)8)67-45(61)29-55-47(63)42-11-9-26-59(42)50(66)41(27-31(3)4)57-46(62)40(19-20-44(54)60)56-48(64)43-12-10-25-58(43)49(65)33(6)53/h15,30-33,35-43H,9-14,16-29,53H2,1-8H3,(H2,54,60)(H,55,63)(H,56,64)(H,57,62)/t32-,33+,35-,36+,37-,38+,39+,40+,41+,42+,43+,51+,52-/m1/s1. The van der Waals surface area contributed by atoms with Crippen molar-refractivity contribution in [3.63, 3.8) is 0 Å². The van der Waals surface area contributed by atoms with Crippen LogP contribution >= 0.6 is 0 Å². The van der Waals surface area contributed by atoms with Crippen molar-refractivity contribution in [2.75, 3.05) is 19.6 Å². The Labute approximate surface area is 400 Å². The molecule has 0 aromatic carbocycles. The number of hydrogen-bond acceptors (Lipinski definition) is 9. The highest BCUT2D eigenvalue weighted by atomic mass is 16.5. The average Bonchev–Trinajstić information content (AvgIpc) is 4.04. The van der Waals surface area contributed by atoms with Gasteiger partial charge < -0.3 is 42.0 Å². The fraction of sp³-hybridized carbons (Fsp3) is 0.827. The van der Waals surface area contributed by atoms with Gasteiger partial charge in [-0.15, -0.1) is 0 Å². The molecule has 0 radical (unpaired) electrons. The first kappa shape index (κ1) is 52.4. The van der Waals surface area contributed by atoms with Gasteiger partial charge in [0.05, 0.1) is 6.04 Å². The van der Waals surface area contributed by atoms with Crippen LogP contribution in [-0.4, -0.2) is 107 Å². The molecule has 67 heavy (non-hydrogen) atoms. The summed E-state index contributed by atoms with van der Waals surface area (Å²) in [4.78, 5) is 96.0. The number of ether oxygens (including phenoxy) is 1. The Hall–Kier alpha value is -4.01. The van der Waals surface area contributed by atoms with Gasteiger partial charge in [-0.3, -0.25) is 33.6 Å². The van der Waals surface area contributed by atoms with E-state index in [-0.39, 0.29) is 55.7 Å². The summed E-state index contributed by atoms with van der Waals surface area (Å²) in [5.41, 5.74) is 13.2. The molecular weight excluding hydrogens is 851 g/mol. The molecule has 15 nitrogen and oxygen atoms in total. The van der Waals surface area contributed by atoms with Crippen LogP contribution in [0, 0.1) is 52.3 Å². The lowest BCUT2D eigenvalue weighted by atomic mass is 9.47. The number of fused-ring (bicyclic) bond motifs is 5. The predicted octanol–water partition coefficient (Wildman–Crippen LogP) is 5.28. The third kappa shape index (κ3) is 11.9. The molecule has 2 aliphatic heterocycles. The lowest BCUT2D eigenvalue weighted by Crippen LogP contribution is -2.58. The van der Waals surface area contributed by atoms with Crippen LogP contribution in [0.5, 0.6) is 0 Å². The van der Waals surface area contributed by atoms with Crippen LogP contribution in [-0.2, 0) is 38.3 Å². The fourth-order valence-corrected chi connectivity index (χ4v) is 13.9. The minimum atomic E-state index is -1.22. The van der Waals surface area contributed by atoms with Gasteiger partial charge >= 0.3 is 5.97 Å². The zero-order chi connectivity index (χ0) is 49.0. The number of carbonyl (C=O) groups is 7. The molecular formula is C52H85N7O8. The van der Waals surface area contributed by atoms with E-state index in [2.05, 4.69) is 56.6 Å². The van der Waals surface area contributed by atoms with E-state index in [1.54, 1.807) is 6.92 Å². The van der Waals surface area contributed by atoms with Crippen molar-refractivity contribution >= 4 is 41.4 Å². The largest absolute Gasteiger partial charge is 0.461 e. The Morgan fingerprint density at radius 3 is 2.07 bits per heavy atom. The van der Waals surface area contributed by atoms with E-state index in [4.69, 9.17) is 16.2 Å². The lowest BCUT2D eigenvalue weighted by Gasteiger charge is -2.58. The summed E-state index contributed by atoms with van der Waals surface area (Å²) >= 11 is 0. The number of nitrogens with two attached hydrogens (primary N) is 2. The molecule has 376 valence electrons. The van der Waals surface area contributed by atoms with Crippen molar-refractivity contribution in [2.24, 2.45) is 63.7 Å². The first-order chi connectivity index (χ1) is 31.6. The Bertz CT molecular complexity index is 1870. The van der Waals surface area contributed by atoms with Gasteiger partial charge in [0.15, 0.2) is 0 Å². The van der Waals surface area contributed by atoms with Gasteiger partial charge in [-0.05, 0) is 143 Å². The first-order valence-electron chi connectivity index (χ1n) is 26.1. The quantitative estimate of drug-likeness (QED) is 0.0839. The van der Waals surface area contributed by atoms with Crippen molar-refractivity contribution in [1.29, 1.82) is 0 Å². The molecule has 15 heteroatoms. The second kappa shape index (κ2) is 22.2. The smallest absolute Gasteiger partial charge is 0.325 e. The van der Waals surface area contributed by atoms with Crippen LogP contribution in [0.1, 0.15) is 165 Å². The molecule has 7 N–H and O–H groups in total. The topological polar surface area (TPSA) is 223 Å². The van der Waals surface area contributed by atoms with Crippen molar-refractivity contribution in [3.8, 4) is 0 Å². The number of hydrogen-bond donors (Lipinski definition) is 5. The highest BCUT2D eigenvalue weighted by Crippen LogP contribution is 2.67. The summed E-state index contributed by atoms with van der Waals surface area (Å²) in [6.07, 6.45) is 15.7. The molecule has 13 atom stereocenters. The maximum Gasteiger partial charge on any atom is 0.325 e. The van der Waals surface area contributed by atoms with Crippen LogP contribution in [0.25, 0.3) is 0 Å². The lowest BCUT2D eigenvalue weighted by molar-refractivity contribution is -0.152. The fourth-order valence-electron chi connectivity index (χ4n) is 13.9. The van der Waals surface area contributed by atoms with E-state index in [9.17, 15) is 33.6 Å². The molecule has 0 spiro atoms. The van der Waals surface area contributed by atoms with E-state index in [1.165, 1.54) is 53.9 Å². The maximum absolute atomic E-state index is 14.2. The summed E-state index contributed by atoms with van der Waals surface area (Å²) in [6.45, 7) is 18.0. The molecule has 6 rings (SSSR count). The van der Waals surface area contributed by atoms with Crippen molar-refractivity contribution in [3.05, 3.63) is 11.6 Å². The van der Waals surface area contributed by atoms with Gasteiger partial charge in [0.1, 0.15) is 36.8 Å². The summed E-state index contributed by atoms with van der Waals surface area (Å²) < 4.78 is 6.04. The summed E-state index contributed by atoms with van der Waals surface area (Å²) in [5.74, 6) is 0.753. The van der Waals surface area contributed by atoms with Gasteiger partial charge in [-0.1, -0.05) is 73.0 Å². The Morgan fingerprint density at radius 1 is 0.761 bits per heavy atom. The van der Waals surface area contributed by atoms with Crippen LogP contribution in [0.3, 0.4) is 0 Å². The average molecular weight is 936 g/mol.